The van der Waals surface area contributed by atoms with Crippen LogP contribution in [0.1, 0.15) is 0 Å². The average molecular weight is 225 g/mol. The van der Waals surface area contributed by atoms with Gasteiger partial charge in [-0.1, -0.05) is 0 Å². The van der Waals surface area contributed by atoms with Crippen LogP contribution in [-0.4, -0.2) is 32.7 Å². The van der Waals surface area contributed by atoms with Gasteiger partial charge >= 0.3 is 18.5 Å². The van der Waals surface area contributed by atoms with E-state index in [0.29, 0.717) is 0 Å². The van der Waals surface area contributed by atoms with Gasteiger partial charge in [0, 0.05) is 7.11 Å². The molecule has 0 spiro atoms. The number of hydrogen-bond donors (Lipinski definition) is 0. The van der Waals surface area contributed by atoms with E-state index in [2.05, 4.69) is 9.47 Å². The van der Waals surface area contributed by atoms with Gasteiger partial charge in [-0.05, 0) is 0 Å². The molecule has 0 aromatic rings. The predicted octanol–water partition coefficient (Wildman–Crippen LogP) is 2.31. The van der Waals surface area contributed by atoms with E-state index in [1.54, 1.807) is 0 Å². The summed E-state index contributed by atoms with van der Waals surface area (Å²) < 4.78 is 78.1. The first-order valence-electron chi connectivity index (χ1n) is 3.32. The lowest BCUT2D eigenvalue weighted by Gasteiger charge is -2.21. The summed E-state index contributed by atoms with van der Waals surface area (Å²) >= 11 is 0. The molecule has 0 rings (SSSR count). The fraction of sp³-hybridized carbons (Fsp3) is 0.833. The Bertz CT molecular complexity index is 149. The van der Waals surface area contributed by atoms with Crippen molar-refractivity contribution in [1.82, 2.24) is 0 Å². The van der Waals surface area contributed by atoms with E-state index in [9.17, 15) is 26.3 Å². The van der Waals surface area contributed by atoms with Crippen molar-refractivity contribution in [3.05, 3.63) is 6.10 Å². The summed E-state index contributed by atoms with van der Waals surface area (Å²) in [5.41, 5.74) is 0. The molecule has 85 valence electrons. The van der Waals surface area contributed by atoms with Crippen molar-refractivity contribution in [2.45, 2.75) is 12.4 Å². The zero-order valence-electron chi connectivity index (χ0n) is 7.00. The van der Waals surface area contributed by atoms with Crippen LogP contribution < -0.4 is 0 Å². The molecule has 0 aliphatic carbocycles. The highest BCUT2D eigenvalue weighted by Crippen LogP contribution is 2.41. The third kappa shape index (κ3) is 4.66. The number of rotatable bonds is 4. The molecule has 0 bridgehead atoms. The van der Waals surface area contributed by atoms with Gasteiger partial charge in [-0.25, -0.2) is 0 Å². The van der Waals surface area contributed by atoms with E-state index in [1.807, 2.05) is 0 Å². The molecule has 0 aromatic heterocycles. The molecule has 0 heterocycles. The molecule has 0 aliphatic heterocycles. The molecule has 0 aromatic carbocycles. The molecule has 0 aliphatic rings. The van der Waals surface area contributed by atoms with Crippen molar-refractivity contribution in [3.8, 4) is 0 Å². The van der Waals surface area contributed by atoms with Crippen molar-refractivity contribution in [3.63, 3.8) is 0 Å². The summed E-state index contributed by atoms with van der Waals surface area (Å²) in [5, 5.41) is 0. The highest BCUT2D eigenvalue weighted by atomic mass is 19.4. The van der Waals surface area contributed by atoms with Crippen LogP contribution in [0.4, 0.5) is 26.3 Å². The highest BCUT2D eigenvalue weighted by molar-refractivity contribution is 4.95. The maximum absolute atomic E-state index is 11.7. The minimum absolute atomic E-state index is 0.352. The summed E-state index contributed by atoms with van der Waals surface area (Å²) in [5.74, 6) is 0. The molecule has 14 heavy (non-hydrogen) atoms. The zero-order valence-corrected chi connectivity index (χ0v) is 7.00. The van der Waals surface area contributed by atoms with E-state index >= 15 is 0 Å². The third-order valence-electron chi connectivity index (χ3n) is 1.05. The largest absolute Gasteiger partial charge is 0.430 e. The first-order valence-corrected chi connectivity index (χ1v) is 3.32. The summed E-state index contributed by atoms with van der Waals surface area (Å²) in [7, 11) is 1.13. The molecule has 2 nitrogen and oxygen atoms in total. The predicted molar refractivity (Wildman–Crippen MR) is 33.2 cm³/mol. The Balaban J connectivity index is 4.28. The van der Waals surface area contributed by atoms with Gasteiger partial charge in [-0.2, -0.15) is 26.3 Å². The second-order valence-corrected chi connectivity index (χ2v) is 2.17. The van der Waals surface area contributed by atoms with Gasteiger partial charge in [0.15, 0.2) is 0 Å². The minimum Gasteiger partial charge on any atom is -0.382 e. The van der Waals surface area contributed by atoms with E-state index < -0.39 is 25.1 Å². The van der Waals surface area contributed by atoms with Crippen LogP contribution in [0.25, 0.3) is 0 Å². The molecule has 0 atom stereocenters. The van der Waals surface area contributed by atoms with Crippen LogP contribution in [0.3, 0.4) is 0 Å². The normalized spacial score (nSPS) is 13.7. The van der Waals surface area contributed by atoms with Crippen LogP contribution in [0.5, 0.6) is 0 Å². The molecule has 0 saturated heterocycles. The number of halogens is 6. The summed E-state index contributed by atoms with van der Waals surface area (Å²) in [6.45, 7) is -1.15. The van der Waals surface area contributed by atoms with Crippen molar-refractivity contribution in [2.24, 2.45) is 0 Å². The Morgan fingerprint density at radius 1 is 0.929 bits per heavy atom. The van der Waals surface area contributed by atoms with Crippen molar-refractivity contribution in [2.75, 3.05) is 20.3 Å². The zero-order chi connectivity index (χ0) is 11.4. The Morgan fingerprint density at radius 3 is 1.64 bits per heavy atom. The van der Waals surface area contributed by atoms with Gasteiger partial charge in [0.2, 0.25) is 0 Å². The summed E-state index contributed by atoms with van der Waals surface area (Å²) in [6, 6.07) is 0. The Labute approximate surface area is 75.8 Å². The van der Waals surface area contributed by atoms with E-state index in [4.69, 9.17) is 0 Å². The molecule has 1 radical (unpaired) electrons. The Morgan fingerprint density at radius 2 is 1.36 bits per heavy atom. The van der Waals surface area contributed by atoms with Crippen LogP contribution in [0.15, 0.2) is 0 Å². The number of alkyl halides is 6. The van der Waals surface area contributed by atoms with Crippen molar-refractivity contribution >= 4 is 0 Å². The van der Waals surface area contributed by atoms with Gasteiger partial charge in [-0.15, -0.1) is 0 Å². The Kier molecular flexibility index (Phi) is 4.66. The van der Waals surface area contributed by atoms with Gasteiger partial charge in [-0.3, -0.25) is 0 Å². The van der Waals surface area contributed by atoms with Crippen LogP contribution in [-0.2, 0) is 9.47 Å². The Hall–Kier alpha value is -0.500. The highest BCUT2D eigenvalue weighted by Gasteiger charge is 2.59. The standard InChI is InChI=1S/C6H7F6O2/c1-13-2-3-14-4(5(7,8)9)6(10,11)12/h2-3H2,1H3. The van der Waals surface area contributed by atoms with Crippen LogP contribution in [0.2, 0.25) is 0 Å². The average Bonchev–Trinajstić information content (AvgIpc) is 1.92. The lowest BCUT2D eigenvalue weighted by Crippen LogP contribution is -2.37. The second kappa shape index (κ2) is 4.83. The number of methoxy groups -OCH3 is 1. The van der Waals surface area contributed by atoms with Gasteiger partial charge in [0.05, 0.1) is 13.2 Å². The first-order chi connectivity index (χ1) is 6.19. The van der Waals surface area contributed by atoms with Gasteiger partial charge < -0.3 is 9.47 Å². The van der Waals surface area contributed by atoms with Crippen LogP contribution >= 0.6 is 0 Å². The fourth-order valence-corrected chi connectivity index (χ4v) is 0.551. The molecular formula is C6H7F6O2. The smallest absolute Gasteiger partial charge is 0.382 e. The lowest BCUT2D eigenvalue weighted by atomic mass is 10.3. The minimum atomic E-state index is -5.54. The van der Waals surface area contributed by atoms with Crippen molar-refractivity contribution in [1.29, 1.82) is 0 Å². The molecular weight excluding hydrogens is 218 g/mol. The van der Waals surface area contributed by atoms with E-state index in [-0.39, 0.29) is 6.61 Å². The first kappa shape index (κ1) is 13.5. The van der Waals surface area contributed by atoms with Crippen LogP contribution in [0, 0.1) is 6.10 Å². The van der Waals surface area contributed by atoms with Gasteiger partial charge in [0.25, 0.3) is 0 Å². The third-order valence-corrected chi connectivity index (χ3v) is 1.05. The molecule has 8 heteroatoms. The number of hydrogen-bond acceptors (Lipinski definition) is 2. The fourth-order valence-electron chi connectivity index (χ4n) is 0.551. The quantitative estimate of drug-likeness (QED) is 0.540. The molecule has 0 amide bonds. The van der Waals surface area contributed by atoms with E-state index in [0.717, 1.165) is 7.11 Å². The lowest BCUT2D eigenvalue weighted by molar-refractivity contribution is -0.263. The SMILES string of the molecule is COCCO[C](C(F)(F)F)C(F)(F)F. The topological polar surface area (TPSA) is 18.5 Å². The molecule has 0 saturated carbocycles. The van der Waals surface area contributed by atoms with Gasteiger partial charge in [0.1, 0.15) is 0 Å². The maximum Gasteiger partial charge on any atom is 0.430 e. The molecule has 0 fully saturated rings. The maximum atomic E-state index is 11.7. The summed E-state index contributed by atoms with van der Waals surface area (Å²) in [6.07, 6.45) is -13.9. The summed E-state index contributed by atoms with van der Waals surface area (Å²) in [4.78, 5) is 0. The van der Waals surface area contributed by atoms with E-state index in [1.165, 1.54) is 0 Å². The monoisotopic (exact) mass is 225 g/mol. The van der Waals surface area contributed by atoms with Crippen molar-refractivity contribution < 1.29 is 35.8 Å². The number of ether oxygens (including phenoxy) is 2. The molecule has 0 N–H and O–H groups in total. The molecule has 0 unspecified atom stereocenters. The second-order valence-electron chi connectivity index (χ2n) is 2.17.